The second-order valence-electron chi connectivity index (χ2n) is 6.47. The molecule has 2 atom stereocenters. The highest BCUT2D eigenvalue weighted by atomic mass is 19.1. The predicted molar refractivity (Wildman–Crippen MR) is 91.6 cm³/mol. The molecule has 132 valence electrons. The molecule has 6 heteroatoms. The lowest BCUT2D eigenvalue weighted by Crippen LogP contribution is -2.38. The van der Waals surface area contributed by atoms with E-state index in [2.05, 4.69) is 14.9 Å². The minimum absolute atomic E-state index is 0.0241. The number of ketones is 1. The van der Waals surface area contributed by atoms with Gasteiger partial charge >= 0.3 is 0 Å². The number of nitrogens with one attached hydrogen (secondary N) is 1. The SMILES string of the molecule is O=C(CCCC(=O)c1ccc(F)cc1)N[C@H]1CCC[C@H]1n1ccnc1. The van der Waals surface area contributed by atoms with Crippen LogP contribution in [0.15, 0.2) is 43.0 Å². The van der Waals surface area contributed by atoms with Crippen LogP contribution in [-0.2, 0) is 4.79 Å². The van der Waals surface area contributed by atoms with E-state index in [1.807, 2.05) is 6.20 Å². The summed E-state index contributed by atoms with van der Waals surface area (Å²) in [6.07, 6.45) is 9.63. The van der Waals surface area contributed by atoms with E-state index >= 15 is 0 Å². The first-order valence-corrected chi connectivity index (χ1v) is 8.69. The average Bonchev–Trinajstić information content (AvgIpc) is 3.26. The van der Waals surface area contributed by atoms with Crippen LogP contribution in [0.2, 0.25) is 0 Å². The highest BCUT2D eigenvalue weighted by Gasteiger charge is 2.29. The Labute approximate surface area is 146 Å². The summed E-state index contributed by atoms with van der Waals surface area (Å²) in [5.41, 5.74) is 0.484. The van der Waals surface area contributed by atoms with E-state index in [1.165, 1.54) is 24.3 Å². The second-order valence-corrected chi connectivity index (χ2v) is 6.47. The molecule has 1 aliphatic carbocycles. The maximum absolute atomic E-state index is 12.9. The Morgan fingerprint density at radius 2 is 2.00 bits per heavy atom. The lowest BCUT2D eigenvalue weighted by atomic mass is 10.1. The lowest BCUT2D eigenvalue weighted by molar-refractivity contribution is -0.122. The number of amides is 1. The summed E-state index contributed by atoms with van der Waals surface area (Å²) in [5, 5.41) is 3.09. The van der Waals surface area contributed by atoms with Crippen molar-refractivity contribution in [3.8, 4) is 0 Å². The normalized spacial score (nSPS) is 19.7. The average molecular weight is 343 g/mol. The molecule has 1 N–H and O–H groups in total. The summed E-state index contributed by atoms with van der Waals surface area (Å²) in [4.78, 5) is 28.3. The van der Waals surface area contributed by atoms with E-state index in [9.17, 15) is 14.0 Å². The highest BCUT2D eigenvalue weighted by Crippen LogP contribution is 2.30. The Kier molecular flexibility index (Phi) is 5.58. The molecule has 0 spiro atoms. The summed E-state index contributed by atoms with van der Waals surface area (Å²) >= 11 is 0. The van der Waals surface area contributed by atoms with Crippen molar-refractivity contribution in [2.45, 2.75) is 50.6 Å². The topological polar surface area (TPSA) is 64.0 Å². The zero-order valence-corrected chi connectivity index (χ0v) is 14.0. The number of aromatic nitrogens is 2. The van der Waals surface area contributed by atoms with Gasteiger partial charge in [0.25, 0.3) is 0 Å². The molecule has 1 fully saturated rings. The van der Waals surface area contributed by atoms with Gasteiger partial charge in [0.15, 0.2) is 5.78 Å². The van der Waals surface area contributed by atoms with Crippen molar-refractivity contribution >= 4 is 11.7 Å². The predicted octanol–water partition coefficient (Wildman–Crippen LogP) is 3.29. The van der Waals surface area contributed by atoms with Gasteiger partial charge in [-0.3, -0.25) is 9.59 Å². The number of halogens is 1. The van der Waals surface area contributed by atoms with Crippen LogP contribution >= 0.6 is 0 Å². The van der Waals surface area contributed by atoms with E-state index in [0.29, 0.717) is 18.4 Å². The van der Waals surface area contributed by atoms with Gasteiger partial charge in [0.05, 0.1) is 12.4 Å². The molecule has 1 heterocycles. The number of Topliss-reactive ketones (excluding diaryl/α,β-unsaturated/α-hetero) is 1. The van der Waals surface area contributed by atoms with Gasteiger partial charge in [-0.2, -0.15) is 0 Å². The summed E-state index contributed by atoms with van der Waals surface area (Å²) < 4.78 is 14.9. The van der Waals surface area contributed by atoms with Crippen molar-refractivity contribution in [1.29, 1.82) is 0 Å². The van der Waals surface area contributed by atoms with E-state index in [0.717, 1.165) is 19.3 Å². The minimum atomic E-state index is -0.361. The third-order valence-electron chi connectivity index (χ3n) is 4.71. The van der Waals surface area contributed by atoms with Gasteiger partial charge in [-0.25, -0.2) is 9.37 Å². The standard InChI is InChI=1S/C19H22FN3O2/c20-15-9-7-14(8-10-15)18(24)5-2-6-19(25)22-16-3-1-4-17(16)23-12-11-21-13-23/h7-13,16-17H,1-6H2,(H,22,25)/t16-,17+/m0/s1. The molecule has 3 rings (SSSR count). The van der Waals surface area contributed by atoms with Crippen molar-refractivity contribution in [3.63, 3.8) is 0 Å². The molecule has 0 radical (unpaired) electrons. The minimum Gasteiger partial charge on any atom is -0.351 e. The Hall–Kier alpha value is -2.50. The van der Waals surface area contributed by atoms with Crippen molar-refractivity contribution in [2.24, 2.45) is 0 Å². The van der Waals surface area contributed by atoms with E-state index in [1.54, 1.807) is 12.5 Å². The van der Waals surface area contributed by atoms with Crippen LogP contribution in [0.5, 0.6) is 0 Å². The summed E-state index contributed by atoms with van der Waals surface area (Å²) in [7, 11) is 0. The number of hydrogen-bond donors (Lipinski definition) is 1. The molecule has 1 saturated carbocycles. The van der Waals surface area contributed by atoms with Gasteiger partial charge in [-0.15, -0.1) is 0 Å². The van der Waals surface area contributed by atoms with Crippen LogP contribution in [0.3, 0.4) is 0 Å². The second kappa shape index (κ2) is 8.05. The molecule has 0 bridgehead atoms. The van der Waals surface area contributed by atoms with Crippen LogP contribution in [0, 0.1) is 5.82 Å². The fraction of sp³-hybridized carbons (Fsp3) is 0.421. The molecule has 25 heavy (non-hydrogen) atoms. The molecule has 0 saturated heterocycles. The largest absolute Gasteiger partial charge is 0.351 e. The van der Waals surface area contributed by atoms with Crippen LogP contribution < -0.4 is 5.32 Å². The molecule has 1 aliphatic rings. The quantitative estimate of drug-likeness (QED) is 0.785. The van der Waals surface area contributed by atoms with Crippen molar-refractivity contribution in [1.82, 2.24) is 14.9 Å². The molecule has 0 unspecified atom stereocenters. The van der Waals surface area contributed by atoms with E-state index in [-0.39, 0.29) is 36.0 Å². The fourth-order valence-electron chi connectivity index (χ4n) is 3.40. The maximum Gasteiger partial charge on any atom is 0.220 e. The first-order chi connectivity index (χ1) is 12.1. The van der Waals surface area contributed by atoms with Gasteiger partial charge in [0.1, 0.15) is 5.82 Å². The Bertz CT molecular complexity index is 713. The van der Waals surface area contributed by atoms with Gasteiger partial charge in [-0.1, -0.05) is 0 Å². The third kappa shape index (κ3) is 4.53. The zero-order chi connectivity index (χ0) is 17.6. The van der Waals surface area contributed by atoms with Crippen LogP contribution in [0.4, 0.5) is 4.39 Å². The Morgan fingerprint density at radius 1 is 1.20 bits per heavy atom. The van der Waals surface area contributed by atoms with Gasteiger partial charge in [0.2, 0.25) is 5.91 Å². The summed E-state index contributed by atoms with van der Waals surface area (Å²) in [6, 6.07) is 5.88. The van der Waals surface area contributed by atoms with Gasteiger partial charge in [-0.05, 0) is 49.9 Å². The fourth-order valence-corrected chi connectivity index (χ4v) is 3.40. The summed E-state index contributed by atoms with van der Waals surface area (Å²) in [6.45, 7) is 0. The molecule has 1 aromatic carbocycles. The maximum atomic E-state index is 12.9. The lowest BCUT2D eigenvalue weighted by Gasteiger charge is -2.22. The molecule has 2 aromatic rings. The number of carbonyl (C=O) groups is 2. The first kappa shape index (κ1) is 17.3. The summed E-state index contributed by atoms with van der Waals surface area (Å²) in [5.74, 6) is -0.450. The Balaban J connectivity index is 1.43. The van der Waals surface area contributed by atoms with Crippen molar-refractivity contribution in [2.75, 3.05) is 0 Å². The number of hydrogen-bond acceptors (Lipinski definition) is 3. The Morgan fingerprint density at radius 3 is 2.72 bits per heavy atom. The highest BCUT2D eigenvalue weighted by molar-refractivity contribution is 5.96. The monoisotopic (exact) mass is 343 g/mol. The molecular weight excluding hydrogens is 321 g/mol. The molecule has 1 aromatic heterocycles. The first-order valence-electron chi connectivity index (χ1n) is 8.69. The smallest absolute Gasteiger partial charge is 0.220 e. The third-order valence-corrected chi connectivity index (χ3v) is 4.71. The number of benzene rings is 1. The van der Waals surface area contributed by atoms with Crippen molar-refractivity contribution in [3.05, 3.63) is 54.4 Å². The van der Waals surface area contributed by atoms with E-state index in [4.69, 9.17) is 0 Å². The van der Waals surface area contributed by atoms with Crippen LogP contribution in [0.1, 0.15) is 54.9 Å². The zero-order valence-electron chi connectivity index (χ0n) is 14.0. The van der Waals surface area contributed by atoms with Gasteiger partial charge < -0.3 is 9.88 Å². The molecule has 1 amide bonds. The van der Waals surface area contributed by atoms with Crippen LogP contribution in [0.25, 0.3) is 0 Å². The molecule has 0 aliphatic heterocycles. The molecular formula is C19H22FN3O2. The number of nitrogens with zero attached hydrogens (tertiary/aromatic N) is 2. The number of carbonyl (C=O) groups excluding carboxylic acids is 2. The van der Waals surface area contributed by atoms with E-state index < -0.39 is 0 Å². The van der Waals surface area contributed by atoms with Crippen LogP contribution in [-0.4, -0.2) is 27.3 Å². The van der Waals surface area contributed by atoms with Gasteiger partial charge in [0, 0.05) is 36.8 Å². The van der Waals surface area contributed by atoms with Crippen molar-refractivity contribution < 1.29 is 14.0 Å². The molecule has 5 nitrogen and oxygen atoms in total. The number of rotatable bonds is 7. The number of imidazole rings is 1.